The van der Waals surface area contributed by atoms with Gasteiger partial charge < -0.3 is 15.7 Å². The molecule has 0 fully saturated rings. The molecule has 1 heterocycles. The third-order valence-corrected chi connectivity index (χ3v) is 3.26. The van der Waals surface area contributed by atoms with Gasteiger partial charge in [-0.15, -0.1) is 5.10 Å². The summed E-state index contributed by atoms with van der Waals surface area (Å²) in [4.78, 5) is 22.6. The number of aromatic nitrogens is 3. The molecule has 0 aliphatic heterocycles. The summed E-state index contributed by atoms with van der Waals surface area (Å²) in [7, 11) is 0. The largest absolute Gasteiger partial charge is 0.481 e. The average molecular weight is 283 g/mol. The first kappa shape index (κ1) is 15.9. The molecule has 0 bridgehead atoms. The number of nitrogens with one attached hydrogen (secondary N) is 2. The third kappa shape index (κ3) is 4.87. The van der Waals surface area contributed by atoms with Crippen molar-refractivity contribution in [1.29, 1.82) is 0 Å². The zero-order chi connectivity index (χ0) is 15.0. The molecular weight excluding hydrogens is 262 g/mol. The first-order valence-corrected chi connectivity index (χ1v) is 6.57. The minimum absolute atomic E-state index is 0.105. The maximum atomic E-state index is 11.5. The summed E-state index contributed by atoms with van der Waals surface area (Å²) in [6.07, 6.45) is 4.52. The standard InChI is InChI=1S/C12H21N5O3/c1-3-12(2,10(18)19)9-14-11(20)13-5-4-7-17-8-6-15-16-17/h6,8H,3-5,7,9H2,1-2H3,(H,18,19)(H2,13,14,20). The van der Waals surface area contributed by atoms with Crippen molar-refractivity contribution in [3.05, 3.63) is 12.4 Å². The van der Waals surface area contributed by atoms with Crippen molar-refractivity contribution in [2.24, 2.45) is 5.41 Å². The number of carbonyl (C=O) groups excluding carboxylic acids is 1. The van der Waals surface area contributed by atoms with Crippen LogP contribution in [0.15, 0.2) is 12.4 Å². The van der Waals surface area contributed by atoms with E-state index < -0.39 is 11.4 Å². The highest BCUT2D eigenvalue weighted by Crippen LogP contribution is 2.19. The lowest BCUT2D eigenvalue weighted by Crippen LogP contribution is -2.44. The Balaban J connectivity index is 2.18. The number of amides is 2. The van der Waals surface area contributed by atoms with E-state index >= 15 is 0 Å². The number of carboxylic acids is 1. The van der Waals surface area contributed by atoms with Gasteiger partial charge >= 0.3 is 12.0 Å². The van der Waals surface area contributed by atoms with E-state index in [0.717, 1.165) is 6.42 Å². The molecule has 1 rings (SSSR count). The van der Waals surface area contributed by atoms with Gasteiger partial charge in [0.05, 0.1) is 11.6 Å². The van der Waals surface area contributed by atoms with Crippen LogP contribution in [-0.4, -0.2) is 45.2 Å². The summed E-state index contributed by atoms with van der Waals surface area (Å²) < 4.78 is 1.68. The van der Waals surface area contributed by atoms with Gasteiger partial charge in [0, 0.05) is 25.8 Å². The lowest BCUT2D eigenvalue weighted by molar-refractivity contribution is -0.147. The second-order valence-electron chi connectivity index (χ2n) is 4.85. The molecule has 20 heavy (non-hydrogen) atoms. The number of hydrogen-bond donors (Lipinski definition) is 3. The Morgan fingerprint density at radius 2 is 2.15 bits per heavy atom. The molecule has 0 spiro atoms. The van der Waals surface area contributed by atoms with Gasteiger partial charge in [-0.3, -0.25) is 9.48 Å². The number of carbonyl (C=O) groups is 2. The quantitative estimate of drug-likeness (QED) is 0.601. The smallest absolute Gasteiger partial charge is 0.314 e. The second kappa shape index (κ2) is 7.46. The number of hydrogen-bond acceptors (Lipinski definition) is 4. The molecule has 1 aromatic heterocycles. The number of nitrogens with zero attached hydrogens (tertiary/aromatic N) is 3. The molecule has 3 N–H and O–H groups in total. The monoisotopic (exact) mass is 283 g/mol. The first-order valence-electron chi connectivity index (χ1n) is 6.57. The predicted octanol–water partition coefficient (Wildman–Crippen LogP) is 0.468. The van der Waals surface area contributed by atoms with Gasteiger partial charge in [-0.2, -0.15) is 0 Å². The van der Waals surface area contributed by atoms with E-state index in [0.29, 0.717) is 19.5 Å². The van der Waals surface area contributed by atoms with Gasteiger partial charge in [-0.25, -0.2) is 4.79 Å². The molecule has 0 aliphatic carbocycles. The molecule has 1 unspecified atom stereocenters. The molecule has 8 heteroatoms. The molecule has 2 amide bonds. The molecule has 0 saturated heterocycles. The fourth-order valence-electron chi connectivity index (χ4n) is 1.48. The SMILES string of the molecule is CCC(C)(CNC(=O)NCCCn1ccnn1)C(=O)O. The van der Waals surface area contributed by atoms with Crippen molar-refractivity contribution in [3.8, 4) is 0 Å². The normalized spacial score (nSPS) is 13.5. The van der Waals surface area contributed by atoms with Gasteiger partial charge in [-0.05, 0) is 19.8 Å². The Bertz CT molecular complexity index is 434. The van der Waals surface area contributed by atoms with E-state index in [1.54, 1.807) is 30.9 Å². The van der Waals surface area contributed by atoms with Crippen molar-refractivity contribution in [1.82, 2.24) is 25.6 Å². The van der Waals surface area contributed by atoms with Crippen LogP contribution >= 0.6 is 0 Å². The van der Waals surface area contributed by atoms with Crippen LogP contribution in [0.2, 0.25) is 0 Å². The third-order valence-electron chi connectivity index (χ3n) is 3.26. The fraction of sp³-hybridized carbons (Fsp3) is 0.667. The van der Waals surface area contributed by atoms with Crippen LogP contribution in [0.25, 0.3) is 0 Å². The maximum absolute atomic E-state index is 11.5. The van der Waals surface area contributed by atoms with Crippen LogP contribution in [-0.2, 0) is 11.3 Å². The molecule has 1 atom stereocenters. The predicted molar refractivity (Wildman–Crippen MR) is 72.1 cm³/mol. The molecule has 0 radical (unpaired) electrons. The van der Waals surface area contributed by atoms with Gasteiger partial charge in [0.1, 0.15) is 0 Å². The topological polar surface area (TPSA) is 109 Å². The van der Waals surface area contributed by atoms with Crippen LogP contribution in [0.5, 0.6) is 0 Å². The lowest BCUT2D eigenvalue weighted by Gasteiger charge is -2.23. The van der Waals surface area contributed by atoms with Crippen LogP contribution < -0.4 is 10.6 Å². The van der Waals surface area contributed by atoms with E-state index in [2.05, 4.69) is 20.9 Å². The van der Waals surface area contributed by atoms with Gasteiger partial charge in [0.2, 0.25) is 0 Å². The Labute approximate surface area is 117 Å². The molecule has 0 aliphatic rings. The zero-order valence-corrected chi connectivity index (χ0v) is 11.8. The number of urea groups is 1. The van der Waals surface area contributed by atoms with Crippen molar-refractivity contribution < 1.29 is 14.7 Å². The van der Waals surface area contributed by atoms with Crippen molar-refractivity contribution in [2.45, 2.75) is 33.2 Å². The molecular formula is C12H21N5O3. The van der Waals surface area contributed by atoms with Crippen molar-refractivity contribution in [2.75, 3.05) is 13.1 Å². The maximum Gasteiger partial charge on any atom is 0.314 e. The van der Waals surface area contributed by atoms with Crippen LogP contribution in [0, 0.1) is 5.41 Å². The summed E-state index contributed by atoms with van der Waals surface area (Å²) in [6.45, 7) is 4.66. The van der Waals surface area contributed by atoms with E-state index in [1.807, 2.05) is 0 Å². The van der Waals surface area contributed by atoms with Crippen molar-refractivity contribution >= 4 is 12.0 Å². The van der Waals surface area contributed by atoms with Crippen LogP contribution in [0.1, 0.15) is 26.7 Å². The number of rotatable bonds is 8. The van der Waals surface area contributed by atoms with E-state index in [9.17, 15) is 9.59 Å². The minimum Gasteiger partial charge on any atom is -0.481 e. The Hall–Kier alpha value is -2.12. The molecule has 0 aromatic carbocycles. The summed E-state index contributed by atoms with van der Waals surface area (Å²) >= 11 is 0. The summed E-state index contributed by atoms with van der Waals surface area (Å²) in [5, 5.41) is 21.8. The van der Waals surface area contributed by atoms with Crippen LogP contribution in [0.4, 0.5) is 4.79 Å². The Kier molecular flexibility index (Phi) is 5.95. The van der Waals surface area contributed by atoms with E-state index in [1.165, 1.54) is 0 Å². The number of aryl methyl sites for hydroxylation is 1. The van der Waals surface area contributed by atoms with E-state index in [-0.39, 0.29) is 12.6 Å². The summed E-state index contributed by atoms with van der Waals surface area (Å²) in [6, 6.07) is -0.357. The van der Waals surface area contributed by atoms with E-state index in [4.69, 9.17) is 5.11 Å². The Morgan fingerprint density at radius 3 is 2.70 bits per heavy atom. The van der Waals surface area contributed by atoms with Crippen molar-refractivity contribution in [3.63, 3.8) is 0 Å². The molecule has 0 saturated carbocycles. The Morgan fingerprint density at radius 1 is 1.40 bits per heavy atom. The fourth-order valence-corrected chi connectivity index (χ4v) is 1.48. The molecule has 1 aromatic rings. The average Bonchev–Trinajstić information content (AvgIpc) is 2.94. The summed E-state index contributed by atoms with van der Waals surface area (Å²) in [5.74, 6) is -0.911. The lowest BCUT2D eigenvalue weighted by atomic mass is 9.88. The first-order chi connectivity index (χ1) is 9.48. The number of carboxylic acid groups (broad SMARTS) is 1. The van der Waals surface area contributed by atoms with Gasteiger partial charge in [0.15, 0.2) is 0 Å². The minimum atomic E-state index is -0.932. The molecule has 112 valence electrons. The van der Waals surface area contributed by atoms with Crippen LogP contribution in [0.3, 0.4) is 0 Å². The highest BCUT2D eigenvalue weighted by atomic mass is 16.4. The highest BCUT2D eigenvalue weighted by molar-refractivity contribution is 5.77. The molecule has 8 nitrogen and oxygen atoms in total. The highest BCUT2D eigenvalue weighted by Gasteiger charge is 2.31. The number of aliphatic carboxylic acids is 1. The second-order valence-corrected chi connectivity index (χ2v) is 4.85. The summed E-state index contributed by atoms with van der Waals surface area (Å²) in [5.41, 5.74) is -0.932. The zero-order valence-electron chi connectivity index (χ0n) is 11.8. The van der Waals surface area contributed by atoms with Gasteiger partial charge in [0.25, 0.3) is 0 Å². The van der Waals surface area contributed by atoms with Gasteiger partial charge in [-0.1, -0.05) is 12.1 Å².